The predicted molar refractivity (Wildman–Crippen MR) is 78.5 cm³/mol. The van der Waals surface area contributed by atoms with Crippen LogP contribution in [0, 0.1) is 0 Å². The molecule has 6 heteroatoms. The number of rotatable bonds is 4. The molecular weight excluding hydrogens is 324 g/mol. The minimum atomic E-state index is -1.07. The number of carboxylic acids is 1. The van der Waals surface area contributed by atoms with Crippen molar-refractivity contribution in [2.45, 2.75) is 19.3 Å². The Morgan fingerprint density at radius 2 is 2.15 bits per heavy atom. The molecule has 20 heavy (non-hydrogen) atoms. The van der Waals surface area contributed by atoms with Gasteiger partial charge in [0.15, 0.2) is 0 Å². The van der Waals surface area contributed by atoms with Crippen LogP contribution in [0.3, 0.4) is 0 Å². The van der Waals surface area contributed by atoms with Gasteiger partial charge in [-0.05, 0) is 41.9 Å². The molecule has 0 spiro atoms. The summed E-state index contributed by atoms with van der Waals surface area (Å²) in [6, 6.07) is 7.40. The summed E-state index contributed by atoms with van der Waals surface area (Å²) in [6.07, 6.45) is 1.74. The fourth-order valence-corrected chi connectivity index (χ4v) is 2.53. The van der Waals surface area contributed by atoms with Gasteiger partial charge in [0.25, 0.3) is 0 Å². The summed E-state index contributed by atoms with van der Waals surface area (Å²) in [5.74, 6) is -0.206. The van der Waals surface area contributed by atoms with Crippen LogP contribution in [0.4, 0.5) is 0 Å². The van der Waals surface area contributed by atoms with Crippen molar-refractivity contribution in [2.24, 2.45) is 0 Å². The predicted octanol–water partition coefficient (Wildman–Crippen LogP) is 3.01. The number of halogens is 1. The summed E-state index contributed by atoms with van der Waals surface area (Å²) in [6.45, 7) is 3.25. The molecule has 0 bridgehead atoms. The Bertz CT molecular complexity index is 650. The van der Waals surface area contributed by atoms with Gasteiger partial charge < -0.3 is 9.84 Å². The first kappa shape index (κ1) is 14.6. The van der Waals surface area contributed by atoms with E-state index in [0.717, 1.165) is 5.69 Å². The van der Waals surface area contributed by atoms with Crippen molar-refractivity contribution in [1.82, 2.24) is 9.78 Å². The summed E-state index contributed by atoms with van der Waals surface area (Å²) in [5.41, 5.74) is 0.216. The van der Waals surface area contributed by atoms with Gasteiger partial charge in [-0.25, -0.2) is 4.68 Å². The van der Waals surface area contributed by atoms with Gasteiger partial charge >= 0.3 is 5.97 Å². The standard InChI is InChI=1S/C14H15BrN2O3/c1-14(2,13(18)19)12-11(15)8-17(16-12)9-5-4-6-10(7-9)20-3/h4-8H,1-3H3,(H,18,19). The monoisotopic (exact) mass is 338 g/mol. The minimum Gasteiger partial charge on any atom is -0.497 e. The molecule has 2 rings (SSSR count). The van der Waals surface area contributed by atoms with Gasteiger partial charge in [-0.2, -0.15) is 5.10 Å². The molecule has 0 aliphatic heterocycles. The van der Waals surface area contributed by atoms with Crippen LogP contribution in [0.2, 0.25) is 0 Å². The second-order valence-electron chi connectivity index (χ2n) is 4.90. The van der Waals surface area contributed by atoms with E-state index in [9.17, 15) is 9.90 Å². The van der Waals surface area contributed by atoms with Crippen LogP contribution in [-0.2, 0) is 10.2 Å². The first-order valence-electron chi connectivity index (χ1n) is 5.99. The number of ether oxygens (including phenoxy) is 1. The van der Waals surface area contributed by atoms with E-state index in [4.69, 9.17) is 4.74 Å². The highest BCUT2D eigenvalue weighted by molar-refractivity contribution is 9.10. The van der Waals surface area contributed by atoms with E-state index in [-0.39, 0.29) is 0 Å². The van der Waals surface area contributed by atoms with Gasteiger partial charge in [0.1, 0.15) is 11.2 Å². The molecule has 0 atom stereocenters. The van der Waals surface area contributed by atoms with E-state index in [1.54, 1.807) is 31.8 Å². The lowest BCUT2D eigenvalue weighted by molar-refractivity contribution is -0.142. The molecule has 106 valence electrons. The van der Waals surface area contributed by atoms with Gasteiger partial charge in [-0.1, -0.05) is 6.07 Å². The van der Waals surface area contributed by atoms with Crippen molar-refractivity contribution in [3.8, 4) is 11.4 Å². The zero-order chi connectivity index (χ0) is 14.9. The molecule has 0 radical (unpaired) electrons. The second-order valence-corrected chi connectivity index (χ2v) is 5.76. The molecule has 0 aliphatic carbocycles. The summed E-state index contributed by atoms with van der Waals surface area (Å²) in [7, 11) is 1.59. The van der Waals surface area contributed by atoms with Crippen molar-refractivity contribution in [3.63, 3.8) is 0 Å². The summed E-state index contributed by atoms with van der Waals surface area (Å²) < 4.78 is 7.46. The zero-order valence-corrected chi connectivity index (χ0v) is 13.0. The highest BCUT2D eigenvalue weighted by atomic mass is 79.9. The number of nitrogens with zero attached hydrogens (tertiary/aromatic N) is 2. The van der Waals surface area contributed by atoms with Crippen molar-refractivity contribution in [1.29, 1.82) is 0 Å². The van der Waals surface area contributed by atoms with E-state index >= 15 is 0 Å². The summed E-state index contributed by atoms with van der Waals surface area (Å²) in [5, 5.41) is 13.7. The first-order valence-corrected chi connectivity index (χ1v) is 6.79. The molecule has 0 fully saturated rings. The van der Waals surface area contributed by atoms with Crippen LogP contribution in [-0.4, -0.2) is 28.0 Å². The molecule has 1 aromatic heterocycles. The molecular formula is C14H15BrN2O3. The SMILES string of the molecule is COc1cccc(-n2cc(Br)c(C(C)(C)C(=O)O)n2)c1. The number of benzene rings is 1. The molecule has 0 saturated heterocycles. The second kappa shape index (κ2) is 5.28. The van der Waals surface area contributed by atoms with E-state index in [0.29, 0.717) is 15.9 Å². The van der Waals surface area contributed by atoms with Crippen molar-refractivity contribution < 1.29 is 14.6 Å². The van der Waals surface area contributed by atoms with Gasteiger partial charge in [-0.15, -0.1) is 0 Å². The van der Waals surface area contributed by atoms with E-state index in [1.165, 1.54) is 0 Å². The number of hydrogen-bond donors (Lipinski definition) is 1. The van der Waals surface area contributed by atoms with Gasteiger partial charge in [-0.3, -0.25) is 4.79 Å². The van der Waals surface area contributed by atoms with Crippen molar-refractivity contribution in [3.05, 3.63) is 40.6 Å². The smallest absolute Gasteiger partial charge is 0.315 e. The third-order valence-electron chi connectivity index (χ3n) is 3.11. The largest absolute Gasteiger partial charge is 0.497 e. The number of aromatic nitrogens is 2. The molecule has 1 aromatic carbocycles. The molecule has 0 unspecified atom stereocenters. The number of carboxylic acid groups (broad SMARTS) is 1. The Morgan fingerprint density at radius 1 is 1.45 bits per heavy atom. The molecule has 1 N–H and O–H groups in total. The number of aliphatic carboxylic acids is 1. The van der Waals surface area contributed by atoms with Crippen molar-refractivity contribution in [2.75, 3.05) is 7.11 Å². The first-order chi connectivity index (χ1) is 9.36. The van der Waals surface area contributed by atoms with Gasteiger partial charge in [0, 0.05) is 12.3 Å². The maximum absolute atomic E-state index is 11.3. The Hall–Kier alpha value is -1.82. The number of carbonyl (C=O) groups is 1. The van der Waals surface area contributed by atoms with Crippen LogP contribution in [0.1, 0.15) is 19.5 Å². The maximum atomic E-state index is 11.3. The minimum absolute atomic E-state index is 0.479. The van der Waals surface area contributed by atoms with Crippen LogP contribution < -0.4 is 4.74 Å². The van der Waals surface area contributed by atoms with E-state index < -0.39 is 11.4 Å². The molecule has 1 heterocycles. The Morgan fingerprint density at radius 3 is 2.75 bits per heavy atom. The van der Waals surface area contributed by atoms with Crippen LogP contribution >= 0.6 is 15.9 Å². The molecule has 0 saturated carbocycles. The summed E-state index contributed by atoms with van der Waals surface area (Å²) >= 11 is 3.38. The average molecular weight is 339 g/mol. The van der Waals surface area contributed by atoms with E-state index in [1.807, 2.05) is 24.3 Å². The molecule has 0 amide bonds. The van der Waals surface area contributed by atoms with Crippen LogP contribution in [0.15, 0.2) is 34.9 Å². The topological polar surface area (TPSA) is 64.3 Å². The third-order valence-corrected chi connectivity index (χ3v) is 3.69. The highest BCUT2D eigenvalue weighted by Crippen LogP contribution is 2.30. The Labute approximate surface area is 125 Å². The zero-order valence-electron chi connectivity index (χ0n) is 11.4. The molecule has 2 aromatic rings. The maximum Gasteiger partial charge on any atom is 0.315 e. The Kier molecular flexibility index (Phi) is 3.85. The van der Waals surface area contributed by atoms with Crippen LogP contribution in [0.25, 0.3) is 5.69 Å². The Balaban J connectivity index is 2.48. The van der Waals surface area contributed by atoms with Gasteiger partial charge in [0.2, 0.25) is 0 Å². The lowest BCUT2D eigenvalue weighted by Gasteiger charge is -2.16. The van der Waals surface area contributed by atoms with Crippen LogP contribution in [0.5, 0.6) is 5.75 Å². The highest BCUT2D eigenvalue weighted by Gasteiger charge is 2.34. The fraction of sp³-hybridized carbons (Fsp3) is 0.286. The number of hydrogen-bond acceptors (Lipinski definition) is 3. The average Bonchev–Trinajstić information content (AvgIpc) is 2.81. The van der Waals surface area contributed by atoms with Gasteiger partial charge in [0.05, 0.1) is 23.0 Å². The lowest BCUT2D eigenvalue weighted by atomic mass is 9.90. The van der Waals surface area contributed by atoms with E-state index in [2.05, 4.69) is 21.0 Å². The quantitative estimate of drug-likeness (QED) is 0.930. The lowest BCUT2D eigenvalue weighted by Crippen LogP contribution is -2.29. The normalized spacial score (nSPS) is 11.4. The fourth-order valence-electron chi connectivity index (χ4n) is 1.76. The third kappa shape index (κ3) is 2.56. The van der Waals surface area contributed by atoms with Crippen molar-refractivity contribution >= 4 is 21.9 Å². The number of methoxy groups -OCH3 is 1. The molecule has 0 aliphatic rings. The molecule has 5 nitrogen and oxygen atoms in total. The summed E-state index contributed by atoms with van der Waals surface area (Å²) in [4.78, 5) is 11.3.